The van der Waals surface area contributed by atoms with Gasteiger partial charge in [0, 0.05) is 19.7 Å². The summed E-state index contributed by atoms with van der Waals surface area (Å²) < 4.78 is 47.2. The van der Waals surface area contributed by atoms with E-state index in [0.717, 1.165) is 0 Å². The molecular weight excluding hydrogens is 279 g/mol. The first-order valence-electron chi connectivity index (χ1n) is 6.43. The van der Waals surface area contributed by atoms with Crippen molar-refractivity contribution in [2.75, 3.05) is 33.5 Å². The zero-order valence-corrected chi connectivity index (χ0v) is 12.0. The second kappa shape index (κ2) is 9.51. The molecule has 0 aromatic rings. The lowest BCUT2D eigenvalue weighted by Gasteiger charge is -2.29. The average Bonchev–Trinajstić information content (AvgIpc) is 2.33. The number of halogens is 3. The molecule has 0 heterocycles. The standard InChI is InChI=1S/C12H24F3NO4/c1-8(2)10(11(18)12(13,14)15)16-6-9(17)7-20-5-4-19-3/h8-11,16-18H,4-7H2,1-3H3/t9?,10-,11-/m0/s1. The maximum atomic E-state index is 12.5. The smallest absolute Gasteiger partial charge is 0.389 e. The summed E-state index contributed by atoms with van der Waals surface area (Å²) in [6.45, 7) is 3.70. The fourth-order valence-corrected chi connectivity index (χ4v) is 1.61. The van der Waals surface area contributed by atoms with E-state index in [-0.39, 0.29) is 13.2 Å². The largest absolute Gasteiger partial charge is 0.415 e. The monoisotopic (exact) mass is 303 g/mol. The molecule has 1 unspecified atom stereocenters. The number of ether oxygens (including phenoxy) is 2. The van der Waals surface area contributed by atoms with Crippen LogP contribution in [0.2, 0.25) is 0 Å². The van der Waals surface area contributed by atoms with Gasteiger partial charge in [0.2, 0.25) is 0 Å². The van der Waals surface area contributed by atoms with Crippen molar-refractivity contribution in [3.63, 3.8) is 0 Å². The second-order valence-corrected chi connectivity index (χ2v) is 4.89. The van der Waals surface area contributed by atoms with Gasteiger partial charge in [-0.3, -0.25) is 0 Å². The van der Waals surface area contributed by atoms with E-state index in [1.54, 1.807) is 13.8 Å². The summed E-state index contributed by atoms with van der Waals surface area (Å²) in [6.07, 6.45) is -8.11. The SMILES string of the molecule is COCCOCC(O)CN[C@@H](C(C)C)[C@H](O)C(F)(F)F. The molecule has 0 aliphatic heterocycles. The molecule has 0 radical (unpaired) electrons. The highest BCUT2D eigenvalue weighted by Crippen LogP contribution is 2.25. The molecule has 5 nitrogen and oxygen atoms in total. The zero-order valence-electron chi connectivity index (χ0n) is 12.0. The van der Waals surface area contributed by atoms with E-state index in [4.69, 9.17) is 9.47 Å². The van der Waals surface area contributed by atoms with Crippen molar-refractivity contribution in [3.8, 4) is 0 Å². The number of nitrogens with one attached hydrogen (secondary N) is 1. The van der Waals surface area contributed by atoms with E-state index in [1.807, 2.05) is 0 Å². The first-order valence-corrected chi connectivity index (χ1v) is 6.43. The van der Waals surface area contributed by atoms with E-state index >= 15 is 0 Å². The quantitative estimate of drug-likeness (QED) is 0.514. The van der Waals surface area contributed by atoms with Gasteiger partial charge >= 0.3 is 6.18 Å². The van der Waals surface area contributed by atoms with Crippen LogP contribution in [-0.4, -0.2) is 68.1 Å². The Balaban J connectivity index is 4.15. The predicted octanol–water partition coefficient (Wildman–Crippen LogP) is 0.548. The Morgan fingerprint density at radius 1 is 1.15 bits per heavy atom. The molecule has 0 aromatic carbocycles. The van der Waals surface area contributed by atoms with Gasteiger partial charge in [0.05, 0.1) is 25.9 Å². The van der Waals surface area contributed by atoms with Crippen LogP contribution in [0.15, 0.2) is 0 Å². The molecular formula is C12H24F3NO4. The number of alkyl halides is 3. The van der Waals surface area contributed by atoms with Crippen LogP contribution in [-0.2, 0) is 9.47 Å². The normalized spacial score (nSPS) is 17.2. The van der Waals surface area contributed by atoms with E-state index in [2.05, 4.69) is 5.32 Å². The fourth-order valence-electron chi connectivity index (χ4n) is 1.61. The minimum atomic E-state index is -4.69. The van der Waals surface area contributed by atoms with Crippen LogP contribution in [0, 0.1) is 5.92 Å². The highest BCUT2D eigenvalue weighted by Gasteiger charge is 2.44. The third kappa shape index (κ3) is 8.01. The molecule has 8 heteroatoms. The molecule has 3 atom stereocenters. The van der Waals surface area contributed by atoms with E-state index in [9.17, 15) is 23.4 Å². The Morgan fingerprint density at radius 2 is 1.75 bits per heavy atom. The predicted molar refractivity (Wildman–Crippen MR) is 67.4 cm³/mol. The minimum absolute atomic E-state index is 0.0106. The van der Waals surface area contributed by atoms with Gasteiger partial charge in [-0.25, -0.2) is 0 Å². The Kier molecular flexibility index (Phi) is 9.32. The van der Waals surface area contributed by atoms with Crippen molar-refractivity contribution < 1.29 is 32.9 Å². The summed E-state index contributed by atoms with van der Waals surface area (Å²) >= 11 is 0. The van der Waals surface area contributed by atoms with Crippen molar-refractivity contribution in [1.29, 1.82) is 0 Å². The number of rotatable bonds is 10. The van der Waals surface area contributed by atoms with Gasteiger partial charge in [-0.15, -0.1) is 0 Å². The van der Waals surface area contributed by atoms with Gasteiger partial charge in [-0.1, -0.05) is 13.8 Å². The molecule has 0 saturated heterocycles. The lowest BCUT2D eigenvalue weighted by Crippen LogP contribution is -2.52. The van der Waals surface area contributed by atoms with Gasteiger partial charge < -0.3 is 25.0 Å². The number of methoxy groups -OCH3 is 1. The van der Waals surface area contributed by atoms with E-state index in [1.165, 1.54) is 7.11 Å². The molecule has 0 aliphatic rings. The molecule has 20 heavy (non-hydrogen) atoms. The van der Waals surface area contributed by atoms with Crippen LogP contribution in [0.25, 0.3) is 0 Å². The highest BCUT2D eigenvalue weighted by molar-refractivity contribution is 4.84. The average molecular weight is 303 g/mol. The summed E-state index contributed by atoms with van der Waals surface area (Å²) in [6, 6.07) is -1.18. The maximum Gasteiger partial charge on any atom is 0.415 e. The second-order valence-electron chi connectivity index (χ2n) is 4.89. The molecule has 0 saturated carbocycles. The van der Waals surface area contributed by atoms with Gasteiger partial charge in [-0.2, -0.15) is 13.2 Å². The Hall–Kier alpha value is -0.410. The van der Waals surface area contributed by atoms with Crippen LogP contribution in [0.1, 0.15) is 13.8 Å². The molecule has 0 spiro atoms. The third-order valence-electron chi connectivity index (χ3n) is 2.72. The number of hydrogen-bond acceptors (Lipinski definition) is 5. The molecule has 0 amide bonds. The summed E-state index contributed by atoms with van der Waals surface area (Å²) in [5, 5.41) is 21.4. The molecule has 0 aromatic heterocycles. The summed E-state index contributed by atoms with van der Waals surface area (Å²) in [5.74, 6) is -0.437. The number of hydrogen-bond donors (Lipinski definition) is 3. The highest BCUT2D eigenvalue weighted by atomic mass is 19.4. The summed E-state index contributed by atoms with van der Waals surface area (Å²) in [7, 11) is 1.51. The number of aliphatic hydroxyl groups excluding tert-OH is 2. The molecule has 0 aliphatic carbocycles. The van der Waals surface area contributed by atoms with Gasteiger partial charge in [-0.05, 0) is 5.92 Å². The van der Waals surface area contributed by atoms with E-state index < -0.39 is 30.3 Å². The van der Waals surface area contributed by atoms with Gasteiger partial charge in [0.1, 0.15) is 0 Å². The van der Waals surface area contributed by atoms with Crippen molar-refractivity contribution in [3.05, 3.63) is 0 Å². The Bertz CT molecular complexity index is 251. The molecule has 122 valence electrons. The fraction of sp³-hybridized carbons (Fsp3) is 1.00. The summed E-state index contributed by atoms with van der Waals surface area (Å²) in [5.41, 5.74) is 0. The number of aliphatic hydroxyl groups is 2. The first-order chi connectivity index (χ1) is 9.20. The molecule has 3 N–H and O–H groups in total. The third-order valence-corrected chi connectivity index (χ3v) is 2.72. The van der Waals surface area contributed by atoms with Crippen molar-refractivity contribution >= 4 is 0 Å². The Labute approximate surface area is 117 Å². The van der Waals surface area contributed by atoms with Crippen LogP contribution < -0.4 is 5.32 Å². The van der Waals surface area contributed by atoms with Crippen molar-refractivity contribution in [2.45, 2.75) is 38.3 Å². The molecule has 0 rings (SSSR count). The molecule has 0 fully saturated rings. The van der Waals surface area contributed by atoms with E-state index in [0.29, 0.717) is 13.2 Å². The maximum absolute atomic E-state index is 12.5. The van der Waals surface area contributed by atoms with Gasteiger partial charge in [0.15, 0.2) is 6.10 Å². The summed E-state index contributed by atoms with van der Waals surface area (Å²) in [4.78, 5) is 0. The Morgan fingerprint density at radius 3 is 2.20 bits per heavy atom. The zero-order chi connectivity index (χ0) is 15.8. The van der Waals surface area contributed by atoms with Crippen LogP contribution in [0.3, 0.4) is 0 Å². The van der Waals surface area contributed by atoms with Gasteiger partial charge in [0.25, 0.3) is 0 Å². The van der Waals surface area contributed by atoms with Crippen LogP contribution >= 0.6 is 0 Å². The van der Waals surface area contributed by atoms with Crippen molar-refractivity contribution in [1.82, 2.24) is 5.32 Å². The molecule has 0 bridgehead atoms. The lowest BCUT2D eigenvalue weighted by atomic mass is 9.98. The van der Waals surface area contributed by atoms with Crippen molar-refractivity contribution in [2.24, 2.45) is 5.92 Å². The van der Waals surface area contributed by atoms with Crippen LogP contribution in [0.4, 0.5) is 13.2 Å². The lowest BCUT2D eigenvalue weighted by molar-refractivity contribution is -0.215. The first kappa shape index (κ1) is 19.6. The minimum Gasteiger partial charge on any atom is -0.389 e. The topological polar surface area (TPSA) is 71.0 Å². The van der Waals surface area contributed by atoms with Crippen LogP contribution in [0.5, 0.6) is 0 Å².